The normalized spacial score (nSPS) is 11.4. The standard InChI is InChI=1S/C7H3BrF4N2O3/c8-1-3-5(14(15)16)4(2-13-6(3)9)17-7(10,11)12/h2H,1H2. The number of aromatic nitrogens is 1. The second kappa shape index (κ2) is 4.82. The van der Waals surface area contributed by atoms with Crippen molar-refractivity contribution in [3.05, 3.63) is 27.8 Å². The van der Waals surface area contributed by atoms with E-state index >= 15 is 0 Å². The van der Waals surface area contributed by atoms with Gasteiger partial charge in [-0.2, -0.15) is 4.39 Å². The Kier molecular flexibility index (Phi) is 3.86. The van der Waals surface area contributed by atoms with Crippen LogP contribution >= 0.6 is 15.9 Å². The minimum Gasteiger partial charge on any atom is -0.397 e. The van der Waals surface area contributed by atoms with Crippen LogP contribution in [0.2, 0.25) is 0 Å². The summed E-state index contributed by atoms with van der Waals surface area (Å²) in [6.07, 6.45) is -4.80. The first-order valence-corrected chi connectivity index (χ1v) is 5.02. The number of nitrogens with zero attached hydrogens (tertiary/aromatic N) is 2. The highest BCUT2D eigenvalue weighted by atomic mass is 79.9. The number of pyridine rings is 1. The molecule has 10 heteroatoms. The fraction of sp³-hybridized carbons (Fsp3) is 0.286. The summed E-state index contributed by atoms with van der Waals surface area (Å²) in [7, 11) is 0. The third-order valence-corrected chi connectivity index (χ3v) is 2.17. The van der Waals surface area contributed by atoms with Gasteiger partial charge in [-0.1, -0.05) is 15.9 Å². The second-order valence-corrected chi connectivity index (χ2v) is 3.24. The molecule has 0 radical (unpaired) electrons. The Morgan fingerprint density at radius 1 is 1.53 bits per heavy atom. The molecule has 0 saturated carbocycles. The van der Waals surface area contributed by atoms with Gasteiger partial charge in [0, 0.05) is 5.33 Å². The number of nitro groups is 1. The average molecular weight is 319 g/mol. The van der Waals surface area contributed by atoms with Crippen LogP contribution in [0.15, 0.2) is 6.20 Å². The Morgan fingerprint density at radius 3 is 2.53 bits per heavy atom. The van der Waals surface area contributed by atoms with Crippen molar-refractivity contribution in [1.29, 1.82) is 0 Å². The highest BCUT2D eigenvalue weighted by Crippen LogP contribution is 2.35. The lowest BCUT2D eigenvalue weighted by molar-refractivity contribution is -0.389. The van der Waals surface area contributed by atoms with Gasteiger partial charge in [0.05, 0.1) is 16.7 Å². The van der Waals surface area contributed by atoms with Crippen molar-refractivity contribution >= 4 is 21.6 Å². The molecule has 17 heavy (non-hydrogen) atoms. The molecule has 0 atom stereocenters. The largest absolute Gasteiger partial charge is 0.573 e. The zero-order valence-electron chi connectivity index (χ0n) is 7.79. The van der Waals surface area contributed by atoms with Crippen molar-refractivity contribution in [1.82, 2.24) is 4.98 Å². The molecule has 0 fully saturated rings. The molecular weight excluding hydrogens is 316 g/mol. The molecule has 1 heterocycles. The first-order valence-electron chi connectivity index (χ1n) is 3.89. The third kappa shape index (κ3) is 3.25. The fourth-order valence-electron chi connectivity index (χ4n) is 1.02. The van der Waals surface area contributed by atoms with E-state index in [4.69, 9.17) is 0 Å². The van der Waals surface area contributed by atoms with Gasteiger partial charge in [0.2, 0.25) is 11.7 Å². The maximum Gasteiger partial charge on any atom is 0.573 e. The molecular formula is C7H3BrF4N2O3. The molecule has 0 unspecified atom stereocenters. The van der Waals surface area contributed by atoms with Crippen LogP contribution in [0.4, 0.5) is 23.2 Å². The molecule has 1 aromatic rings. The van der Waals surface area contributed by atoms with E-state index in [1.54, 1.807) is 0 Å². The summed E-state index contributed by atoms with van der Waals surface area (Å²) in [6, 6.07) is 0. The molecule has 0 amide bonds. The lowest BCUT2D eigenvalue weighted by atomic mass is 10.2. The van der Waals surface area contributed by atoms with E-state index in [0.29, 0.717) is 6.20 Å². The monoisotopic (exact) mass is 318 g/mol. The Balaban J connectivity index is 3.36. The van der Waals surface area contributed by atoms with Crippen LogP contribution in [-0.4, -0.2) is 16.3 Å². The molecule has 0 aliphatic carbocycles. The van der Waals surface area contributed by atoms with Crippen LogP contribution in [0.3, 0.4) is 0 Å². The molecule has 0 bridgehead atoms. The molecule has 0 aliphatic heterocycles. The van der Waals surface area contributed by atoms with Gasteiger partial charge in [0.15, 0.2) is 0 Å². The summed E-state index contributed by atoms with van der Waals surface area (Å²) in [5.74, 6) is -2.39. The van der Waals surface area contributed by atoms with Crippen LogP contribution < -0.4 is 4.74 Å². The predicted molar refractivity (Wildman–Crippen MR) is 50.2 cm³/mol. The lowest BCUT2D eigenvalue weighted by Gasteiger charge is -2.10. The Hall–Kier alpha value is -1.45. The van der Waals surface area contributed by atoms with E-state index in [1.165, 1.54) is 0 Å². The zero-order valence-corrected chi connectivity index (χ0v) is 9.38. The van der Waals surface area contributed by atoms with Crippen LogP contribution in [0, 0.1) is 16.1 Å². The van der Waals surface area contributed by atoms with E-state index in [1.807, 2.05) is 0 Å². The number of ether oxygens (including phenoxy) is 1. The van der Waals surface area contributed by atoms with E-state index in [0.717, 1.165) is 0 Å². The van der Waals surface area contributed by atoms with Gasteiger partial charge in [0.1, 0.15) is 0 Å². The molecule has 5 nitrogen and oxygen atoms in total. The SMILES string of the molecule is O=[N+]([O-])c1c(OC(F)(F)F)cnc(F)c1CBr. The van der Waals surface area contributed by atoms with E-state index in [9.17, 15) is 27.7 Å². The number of hydrogen-bond acceptors (Lipinski definition) is 4. The topological polar surface area (TPSA) is 65.3 Å². The van der Waals surface area contributed by atoms with Crippen LogP contribution in [0.1, 0.15) is 5.56 Å². The minimum absolute atomic E-state index is 0.313. The van der Waals surface area contributed by atoms with E-state index < -0.39 is 34.2 Å². The second-order valence-electron chi connectivity index (χ2n) is 2.68. The van der Waals surface area contributed by atoms with E-state index in [-0.39, 0.29) is 5.33 Å². The summed E-state index contributed by atoms with van der Waals surface area (Å²) >= 11 is 2.72. The molecule has 94 valence electrons. The van der Waals surface area contributed by atoms with Crippen molar-refractivity contribution < 1.29 is 27.2 Å². The average Bonchev–Trinajstić information content (AvgIpc) is 2.17. The number of alkyl halides is 4. The van der Waals surface area contributed by atoms with Gasteiger partial charge >= 0.3 is 12.0 Å². The van der Waals surface area contributed by atoms with Gasteiger partial charge in [-0.3, -0.25) is 10.1 Å². The van der Waals surface area contributed by atoms with Crippen molar-refractivity contribution in [3.63, 3.8) is 0 Å². The molecule has 0 aliphatic rings. The Morgan fingerprint density at radius 2 is 2.12 bits per heavy atom. The summed E-state index contributed by atoms with van der Waals surface area (Å²) in [5.41, 5.74) is -1.72. The maximum atomic E-state index is 13.0. The summed E-state index contributed by atoms with van der Waals surface area (Å²) < 4.78 is 52.3. The van der Waals surface area contributed by atoms with Gasteiger partial charge < -0.3 is 4.74 Å². The summed E-state index contributed by atoms with van der Waals surface area (Å²) in [6.45, 7) is 0. The highest BCUT2D eigenvalue weighted by molar-refractivity contribution is 9.08. The summed E-state index contributed by atoms with van der Waals surface area (Å²) in [4.78, 5) is 12.4. The van der Waals surface area contributed by atoms with Gasteiger partial charge in [-0.25, -0.2) is 4.98 Å². The smallest absolute Gasteiger partial charge is 0.397 e. The van der Waals surface area contributed by atoms with Crippen LogP contribution in [-0.2, 0) is 5.33 Å². The Bertz CT molecular complexity index is 451. The number of rotatable bonds is 3. The van der Waals surface area contributed by atoms with Gasteiger partial charge in [-0.15, -0.1) is 13.2 Å². The van der Waals surface area contributed by atoms with Crippen molar-refractivity contribution in [2.45, 2.75) is 11.7 Å². The first-order chi connectivity index (χ1) is 7.76. The molecule has 0 saturated heterocycles. The van der Waals surface area contributed by atoms with Crippen LogP contribution in [0.25, 0.3) is 0 Å². The quantitative estimate of drug-likeness (QED) is 0.282. The Labute approximate surface area is 99.7 Å². The number of hydrogen-bond donors (Lipinski definition) is 0. The summed E-state index contributed by atoms with van der Waals surface area (Å²) in [5, 5.41) is 10.2. The van der Waals surface area contributed by atoms with Crippen molar-refractivity contribution in [2.24, 2.45) is 0 Å². The third-order valence-electron chi connectivity index (χ3n) is 1.61. The molecule has 0 N–H and O–H groups in total. The molecule has 1 aromatic heterocycles. The first kappa shape index (κ1) is 13.6. The lowest BCUT2D eigenvalue weighted by Crippen LogP contribution is -2.18. The van der Waals surface area contributed by atoms with Crippen LogP contribution in [0.5, 0.6) is 5.75 Å². The minimum atomic E-state index is -5.12. The van der Waals surface area contributed by atoms with Gasteiger partial charge in [0.25, 0.3) is 0 Å². The number of halogens is 5. The molecule has 1 rings (SSSR count). The van der Waals surface area contributed by atoms with Crippen molar-refractivity contribution in [3.8, 4) is 5.75 Å². The zero-order chi connectivity index (χ0) is 13.2. The maximum absolute atomic E-state index is 13.0. The molecule has 0 spiro atoms. The van der Waals surface area contributed by atoms with Crippen molar-refractivity contribution in [2.75, 3.05) is 0 Å². The predicted octanol–water partition coefficient (Wildman–Crippen LogP) is 2.92. The highest BCUT2D eigenvalue weighted by Gasteiger charge is 2.36. The van der Waals surface area contributed by atoms with E-state index in [2.05, 4.69) is 25.7 Å². The molecule has 0 aromatic carbocycles. The fourth-order valence-corrected chi connectivity index (χ4v) is 1.52. The van der Waals surface area contributed by atoms with Gasteiger partial charge in [-0.05, 0) is 0 Å².